The number of aryl methyl sites for hydroxylation is 1. The number of nitrogens with zero attached hydrogens (tertiary/aromatic N) is 2. The van der Waals surface area contributed by atoms with Gasteiger partial charge in [0.15, 0.2) is 5.13 Å². The van der Waals surface area contributed by atoms with Gasteiger partial charge in [0.25, 0.3) is 5.91 Å². The van der Waals surface area contributed by atoms with Gasteiger partial charge in [0.1, 0.15) is 11.7 Å². The summed E-state index contributed by atoms with van der Waals surface area (Å²) in [5.41, 5.74) is 1.34. The van der Waals surface area contributed by atoms with Crippen LogP contribution in [0.5, 0.6) is 5.88 Å². The Bertz CT molecular complexity index is 639. The smallest absolute Gasteiger partial charge is 0.262 e. The molecule has 1 atom stereocenters. The summed E-state index contributed by atoms with van der Waals surface area (Å²) in [5.74, 6) is 2.20. The number of carbonyl (C=O) groups is 1. The summed E-state index contributed by atoms with van der Waals surface area (Å²) in [6, 6.07) is 3.46. The zero-order valence-corrected chi connectivity index (χ0v) is 13.2. The third kappa shape index (κ3) is 3.54. The quantitative estimate of drug-likeness (QED) is 0.938. The average molecular weight is 321 g/mol. The molecular formula is C14H15N3O2S2. The van der Waals surface area contributed by atoms with E-state index in [1.807, 2.05) is 24.1 Å². The number of nitrogens with one attached hydrogen (secondary N) is 1. The number of thioether (sulfide) groups is 1. The fraction of sp³-hybridized carbons (Fsp3) is 0.357. The van der Waals surface area contributed by atoms with Crippen LogP contribution in [0, 0.1) is 6.92 Å². The number of carbonyl (C=O) groups excluding carboxylic acids is 1. The standard InChI is InChI=1S/C14H15N3O2S2/c1-9-7-21-14(16-9)17-12(18)11-3-2-5-15-13(11)19-10-4-6-20-8-10/h2-3,5,7,10H,4,6,8H2,1H3,(H,16,17,18). The molecule has 3 rings (SSSR count). The Kier molecular flexibility index (Phi) is 4.40. The van der Waals surface area contributed by atoms with Crippen molar-refractivity contribution in [3.8, 4) is 5.88 Å². The number of rotatable bonds is 4. The summed E-state index contributed by atoms with van der Waals surface area (Å²) >= 11 is 3.26. The lowest BCUT2D eigenvalue weighted by molar-refractivity contribution is 0.101. The van der Waals surface area contributed by atoms with E-state index in [0.717, 1.165) is 23.6 Å². The van der Waals surface area contributed by atoms with Crippen molar-refractivity contribution in [3.05, 3.63) is 35.0 Å². The topological polar surface area (TPSA) is 64.1 Å². The maximum atomic E-state index is 12.3. The molecule has 1 aliphatic rings. The van der Waals surface area contributed by atoms with Crippen molar-refractivity contribution in [1.29, 1.82) is 0 Å². The number of hydrogen-bond acceptors (Lipinski definition) is 6. The molecule has 1 aliphatic heterocycles. The van der Waals surface area contributed by atoms with Gasteiger partial charge < -0.3 is 4.74 Å². The van der Waals surface area contributed by atoms with Gasteiger partial charge in [-0.1, -0.05) is 0 Å². The van der Waals surface area contributed by atoms with Crippen molar-refractivity contribution in [2.24, 2.45) is 0 Å². The van der Waals surface area contributed by atoms with Crippen LogP contribution in [0.3, 0.4) is 0 Å². The van der Waals surface area contributed by atoms with Gasteiger partial charge in [0, 0.05) is 17.3 Å². The van der Waals surface area contributed by atoms with Crippen LogP contribution in [0.2, 0.25) is 0 Å². The van der Waals surface area contributed by atoms with Crippen LogP contribution in [0.4, 0.5) is 5.13 Å². The van der Waals surface area contributed by atoms with Crippen LogP contribution in [-0.4, -0.2) is 33.5 Å². The van der Waals surface area contributed by atoms with E-state index in [0.29, 0.717) is 16.6 Å². The lowest BCUT2D eigenvalue weighted by Crippen LogP contribution is -2.20. The highest BCUT2D eigenvalue weighted by Gasteiger charge is 2.21. The Labute approximate surface area is 131 Å². The Morgan fingerprint density at radius 2 is 2.43 bits per heavy atom. The van der Waals surface area contributed by atoms with Gasteiger partial charge >= 0.3 is 0 Å². The van der Waals surface area contributed by atoms with Gasteiger partial charge in [0.05, 0.1) is 5.69 Å². The summed E-state index contributed by atoms with van der Waals surface area (Å²) in [6.45, 7) is 1.89. The van der Waals surface area contributed by atoms with Crippen LogP contribution in [0.15, 0.2) is 23.7 Å². The van der Waals surface area contributed by atoms with Crippen molar-refractivity contribution < 1.29 is 9.53 Å². The fourth-order valence-corrected chi connectivity index (χ4v) is 3.77. The molecule has 1 unspecified atom stereocenters. The van der Waals surface area contributed by atoms with E-state index in [9.17, 15) is 4.79 Å². The molecule has 0 radical (unpaired) electrons. The van der Waals surface area contributed by atoms with Crippen LogP contribution >= 0.6 is 23.1 Å². The predicted octanol–water partition coefficient (Wildman–Crippen LogP) is 2.98. The van der Waals surface area contributed by atoms with Crippen molar-refractivity contribution >= 4 is 34.1 Å². The Balaban J connectivity index is 1.75. The predicted molar refractivity (Wildman–Crippen MR) is 85.4 cm³/mol. The highest BCUT2D eigenvalue weighted by molar-refractivity contribution is 7.99. The molecule has 0 spiro atoms. The number of ether oxygens (including phenoxy) is 1. The summed E-state index contributed by atoms with van der Waals surface area (Å²) in [4.78, 5) is 20.8. The number of pyridine rings is 1. The van der Waals surface area contributed by atoms with Gasteiger partial charge in [-0.3, -0.25) is 10.1 Å². The Morgan fingerprint density at radius 1 is 1.52 bits per heavy atom. The minimum atomic E-state index is -0.238. The molecule has 7 heteroatoms. The summed E-state index contributed by atoms with van der Waals surface area (Å²) in [6.07, 6.45) is 2.77. The van der Waals surface area contributed by atoms with Gasteiger partial charge in [-0.25, -0.2) is 9.97 Å². The first kappa shape index (κ1) is 14.3. The molecule has 3 heterocycles. The van der Waals surface area contributed by atoms with Crippen LogP contribution in [0.1, 0.15) is 22.5 Å². The lowest BCUT2D eigenvalue weighted by Gasteiger charge is -2.14. The molecule has 0 saturated carbocycles. The van der Waals surface area contributed by atoms with Crippen molar-refractivity contribution in [2.45, 2.75) is 19.4 Å². The number of aromatic nitrogens is 2. The fourth-order valence-electron chi connectivity index (χ4n) is 2.00. The zero-order valence-electron chi connectivity index (χ0n) is 11.5. The van der Waals surface area contributed by atoms with E-state index in [1.165, 1.54) is 11.3 Å². The molecule has 21 heavy (non-hydrogen) atoms. The van der Waals surface area contributed by atoms with Crippen molar-refractivity contribution in [2.75, 3.05) is 16.8 Å². The van der Waals surface area contributed by atoms with Crippen molar-refractivity contribution in [3.63, 3.8) is 0 Å². The van der Waals surface area contributed by atoms with Gasteiger partial charge in [-0.15, -0.1) is 11.3 Å². The Morgan fingerprint density at radius 3 is 3.14 bits per heavy atom. The van der Waals surface area contributed by atoms with E-state index in [-0.39, 0.29) is 12.0 Å². The second-order valence-corrected chi connectivity index (χ2v) is 6.72. The van der Waals surface area contributed by atoms with E-state index in [2.05, 4.69) is 15.3 Å². The second-order valence-electron chi connectivity index (χ2n) is 4.71. The molecule has 1 saturated heterocycles. The summed E-state index contributed by atoms with van der Waals surface area (Å²) < 4.78 is 5.86. The average Bonchev–Trinajstić information content (AvgIpc) is 3.11. The molecule has 0 aliphatic carbocycles. The van der Waals surface area contributed by atoms with Gasteiger partial charge in [-0.2, -0.15) is 11.8 Å². The van der Waals surface area contributed by atoms with E-state index >= 15 is 0 Å². The summed E-state index contributed by atoms with van der Waals surface area (Å²) in [5, 5.41) is 5.27. The number of anilines is 1. The highest BCUT2D eigenvalue weighted by Crippen LogP contribution is 2.25. The molecular weight excluding hydrogens is 306 g/mol. The monoisotopic (exact) mass is 321 g/mol. The zero-order chi connectivity index (χ0) is 14.7. The summed E-state index contributed by atoms with van der Waals surface area (Å²) in [7, 11) is 0. The first-order valence-corrected chi connectivity index (χ1v) is 8.69. The number of thiazole rings is 1. The Hall–Kier alpha value is -1.60. The van der Waals surface area contributed by atoms with Crippen LogP contribution in [-0.2, 0) is 0 Å². The molecule has 0 bridgehead atoms. The molecule has 0 aromatic carbocycles. The molecule has 5 nitrogen and oxygen atoms in total. The van der Waals surface area contributed by atoms with Crippen LogP contribution in [0.25, 0.3) is 0 Å². The number of hydrogen-bond donors (Lipinski definition) is 1. The molecule has 1 amide bonds. The first-order chi connectivity index (χ1) is 10.2. The van der Waals surface area contributed by atoms with Gasteiger partial charge in [0.2, 0.25) is 5.88 Å². The third-order valence-corrected chi connectivity index (χ3v) is 5.03. The minimum Gasteiger partial charge on any atom is -0.473 e. The van der Waals surface area contributed by atoms with Gasteiger partial charge in [-0.05, 0) is 31.2 Å². The SMILES string of the molecule is Cc1csc(NC(=O)c2cccnc2OC2CCSC2)n1. The first-order valence-electron chi connectivity index (χ1n) is 6.65. The maximum absolute atomic E-state index is 12.3. The molecule has 1 fully saturated rings. The van der Waals surface area contributed by atoms with Crippen LogP contribution < -0.4 is 10.1 Å². The van der Waals surface area contributed by atoms with E-state index < -0.39 is 0 Å². The minimum absolute atomic E-state index is 0.138. The maximum Gasteiger partial charge on any atom is 0.262 e. The normalized spacial score (nSPS) is 17.7. The molecule has 110 valence electrons. The largest absolute Gasteiger partial charge is 0.473 e. The molecule has 1 N–H and O–H groups in total. The third-order valence-electron chi connectivity index (χ3n) is 3.02. The van der Waals surface area contributed by atoms with E-state index in [4.69, 9.17) is 4.74 Å². The second kappa shape index (κ2) is 6.44. The molecule has 2 aromatic rings. The molecule has 2 aromatic heterocycles. The lowest BCUT2D eigenvalue weighted by atomic mass is 10.2. The van der Waals surface area contributed by atoms with E-state index in [1.54, 1.807) is 18.3 Å². The highest BCUT2D eigenvalue weighted by atomic mass is 32.2. The number of amides is 1. The van der Waals surface area contributed by atoms with Crippen molar-refractivity contribution in [1.82, 2.24) is 9.97 Å².